The number of alkyl halides is 12. The molecule has 4 aromatic rings. The molecule has 0 atom stereocenters. The predicted octanol–water partition coefficient (Wildman–Crippen LogP) is 4.14. The van der Waals surface area contributed by atoms with Crippen molar-refractivity contribution in [1.82, 2.24) is 0 Å². The van der Waals surface area contributed by atoms with Crippen molar-refractivity contribution in [2.24, 2.45) is 0 Å². The van der Waals surface area contributed by atoms with E-state index in [-0.39, 0.29) is 18.9 Å². The second-order valence-corrected chi connectivity index (χ2v) is 9.21. The molecule has 0 aromatic heterocycles. The number of halogens is 12. The zero-order chi connectivity index (χ0) is 30.4. The van der Waals surface area contributed by atoms with Crippen LogP contribution in [0.3, 0.4) is 0 Å². The summed E-state index contributed by atoms with van der Waals surface area (Å²) in [4.78, 5) is 0. The van der Waals surface area contributed by atoms with E-state index in [1.807, 2.05) is 0 Å². The first-order chi connectivity index (χ1) is 18.9. The van der Waals surface area contributed by atoms with Crippen LogP contribution in [-0.4, -0.2) is 6.15 Å². The van der Waals surface area contributed by atoms with Crippen molar-refractivity contribution in [3.8, 4) is 0 Å². The van der Waals surface area contributed by atoms with E-state index in [0.717, 1.165) is 48.5 Å². The van der Waals surface area contributed by atoms with Gasteiger partial charge in [0, 0.05) is 22.3 Å². The van der Waals surface area contributed by atoms with Crippen LogP contribution in [0.25, 0.3) is 0 Å². The van der Waals surface area contributed by atoms with Crippen LogP contribution in [0.5, 0.6) is 0 Å². The van der Waals surface area contributed by atoms with Gasteiger partial charge in [-0.25, -0.2) is 0 Å². The Labute approximate surface area is 243 Å². The zero-order valence-corrected chi connectivity index (χ0v) is 21.4. The van der Waals surface area contributed by atoms with Gasteiger partial charge in [-0.05, 0) is 0 Å². The van der Waals surface area contributed by atoms with Crippen LogP contribution in [0, 0.1) is 0 Å². The minimum Gasteiger partial charge on any atom is -0.183 e. The van der Waals surface area contributed by atoms with Crippen molar-refractivity contribution in [2.45, 2.75) is 24.7 Å². The minimum absolute atomic E-state index is 0. The molecule has 0 nitrogen and oxygen atoms in total. The molecule has 14 heteroatoms. The Balaban J connectivity index is 0.00000484. The van der Waals surface area contributed by atoms with Crippen molar-refractivity contribution < 1.29 is 71.5 Å². The van der Waals surface area contributed by atoms with Crippen molar-refractivity contribution in [3.05, 3.63) is 119 Å². The standard InChI is InChI=1S/C28H16BF12.Li/c30-25(31,32)17-9-1-5-13-21(17)29(22-14-6-2-10-18(22)26(33,34)35,23-15-7-3-11-19(23)27(36,37)38)24-16-8-4-12-20(24)28(39,40)41;/h1-16H;/q-1;+1. The predicted molar refractivity (Wildman–Crippen MR) is 130 cm³/mol. The van der Waals surface area contributed by atoms with Gasteiger partial charge in [-0.15, -0.1) is 0 Å². The third kappa shape index (κ3) is 5.95. The molecule has 0 amide bonds. The molecule has 0 saturated carbocycles. The monoisotopic (exact) mass is 598 g/mol. The fraction of sp³-hybridized carbons (Fsp3) is 0.143. The molecule has 0 radical (unpaired) electrons. The molecule has 0 aliphatic carbocycles. The molecular weight excluding hydrogens is 582 g/mol. The Morgan fingerprint density at radius 1 is 0.310 bits per heavy atom. The van der Waals surface area contributed by atoms with E-state index >= 15 is 0 Å². The number of hydrogen-bond donors (Lipinski definition) is 0. The molecule has 4 rings (SSSR count). The summed E-state index contributed by atoms with van der Waals surface area (Å²) in [7, 11) is 0. The molecule has 0 bridgehead atoms. The molecule has 4 aromatic carbocycles. The van der Waals surface area contributed by atoms with Gasteiger partial charge < -0.3 is 0 Å². The van der Waals surface area contributed by atoms with Gasteiger partial charge >= 0.3 is 43.6 Å². The summed E-state index contributed by atoms with van der Waals surface area (Å²) in [5.41, 5.74) is -11.5. The molecule has 216 valence electrons. The average molecular weight is 598 g/mol. The van der Waals surface area contributed by atoms with E-state index < -0.39 is 75.0 Å². The Kier molecular flexibility index (Phi) is 9.03. The summed E-state index contributed by atoms with van der Waals surface area (Å²) >= 11 is 0. The smallest absolute Gasteiger partial charge is 0.183 e. The van der Waals surface area contributed by atoms with Crippen molar-refractivity contribution in [3.63, 3.8) is 0 Å². The van der Waals surface area contributed by atoms with Gasteiger partial charge in [0.15, 0.2) is 0 Å². The van der Waals surface area contributed by atoms with Crippen LogP contribution in [0.15, 0.2) is 97.1 Å². The Hall–Kier alpha value is -3.30. The SMILES string of the molecule is FC(F)(F)c1ccccc1[B-](c1ccccc1C(F)(F)F)(c1ccccc1C(F)(F)F)c1ccccc1C(F)(F)F.[Li+]. The van der Waals surface area contributed by atoms with Crippen LogP contribution in [-0.2, 0) is 24.7 Å². The maximum absolute atomic E-state index is 14.5. The van der Waals surface area contributed by atoms with Crippen LogP contribution in [0.1, 0.15) is 22.3 Å². The minimum atomic E-state index is -5.38. The quantitative estimate of drug-likeness (QED) is 0.245. The van der Waals surface area contributed by atoms with Gasteiger partial charge in [0.05, 0.1) is 0 Å². The van der Waals surface area contributed by atoms with E-state index in [1.54, 1.807) is 0 Å². The van der Waals surface area contributed by atoms with E-state index in [2.05, 4.69) is 0 Å². The van der Waals surface area contributed by atoms with E-state index in [4.69, 9.17) is 0 Å². The Morgan fingerprint density at radius 2 is 0.476 bits per heavy atom. The maximum Gasteiger partial charge on any atom is 1.00 e. The van der Waals surface area contributed by atoms with Crippen LogP contribution >= 0.6 is 0 Å². The van der Waals surface area contributed by atoms with Gasteiger partial charge in [0.2, 0.25) is 0 Å². The van der Waals surface area contributed by atoms with Gasteiger partial charge in [-0.1, -0.05) is 97.1 Å². The fourth-order valence-corrected chi connectivity index (χ4v) is 5.54. The first-order valence-corrected chi connectivity index (χ1v) is 11.7. The second-order valence-electron chi connectivity index (χ2n) is 9.21. The summed E-state index contributed by atoms with van der Waals surface area (Å²) in [6, 6.07) is 11.2. The zero-order valence-electron chi connectivity index (χ0n) is 21.4. The van der Waals surface area contributed by atoms with Gasteiger partial charge in [-0.3, -0.25) is 0 Å². The normalized spacial score (nSPS) is 13.0. The number of benzene rings is 4. The maximum atomic E-state index is 14.5. The third-order valence-corrected chi connectivity index (χ3v) is 6.93. The third-order valence-electron chi connectivity index (χ3n) is 6.93. The molecule has 0 N–H and O–H groups in total. The van der Waals surface area contributed by atoms with Crippen LogP contribution in [0.2, 0.25) is 0 Å². The van der Waals surface area contributed by atoms with Gasteiger partial charge in [0.1, 0.15) is 6.15 Å². The summed E-state index contributed by atoms with van der Waals surface area (Å²) in [5.74, 6) is 0. The van der Waals surface area contributed by atoms with E-state index in [9.17, 15) is 52.7 Å². The van der Waals surface area contributed by atoms with E-state index in [0.29, 0.717) is 48.5 Å². The average Bonchev–Trinajstić information content (AvgIpc) is 2.88. The molecule has 0 aliphatic heterocycles. The van der Waals surface area contributed by atoms with Crippen molar-refractivity contribution in [2.75, 3.05) is 0 Å². The van der Waals surface area contributed by atoms with Crippen molar-refractivity contribution >= 4 is 28.0 Å². The molecule has 0 fully saturated rings. The van der Waals surface area contributed by atoms with Crippen LogP contribution in [0.4, 0.5) is 52.7 Å². The summed E-state index contributed by atoms with van der Waals surface area (Å²) < 4.78 is 174. The molecule has 0 aliphatic rings. The van der Waals surface area contributed by atoms with Crippen molar-refractivity contribution in [1.29, 1.82) is 0 Å². The Morgan fingerprint density at radius 3 is 0.643 bits per heavy atom. The van der Waals surface area contributed by atoms with E-state index in [1.165, 1.54) is 0 Å². The summed E-state index contributed by atoms with van der Waals surface area (Å²) in [6.45, 7) is 0. The largest absolute Gasteiger partial charge is 1.00 e. The number of rotatable bonds is 4. The molecule has 0 spiro atoms. The Bertz CT molecular complexity index is 1320. The first kappa shape index (κ1) is 33.2. The molecule has 0 saturated heterocycles. The molecule has 0 heterocycles. The summed E-state index contributed by atoms with van der Waals surface area (Å²) in [6.07, 6.45) is -26.0. The topological polar surface area (TPSA) is 0 Å². The van der Waals surface area contributed by atoms with Gasteiger partial charge in [-0.2, -0.15) is 74.5 Å². The summed E-state index contributed by atoms with van der Waals surface area (Å²) in [5, 5.41) is 0. The van der Waals surface area contributed by atoms with Crippen LogP contribution < -0.4 is 40.7 Å². The molecule has 0 unspecified atom stereocenters. The fourth-order valence-electron chi connectivity index (χ4n) is 5.54. The number of hydrogen-bond acceptors (Lipinski definition) is 0. The second kappa shape index (κ2) is 11.4. The molecular formula is C28H16BF12Li. The van der Waals surface area contributed by atoms with Gasteiger partial charge in [0.25, 0.3) is 0 Å². The molecule has 42 heavy (non-hydrogen) atoms. The first-order valence-electron chi connectivity index (χ1n) is 11.7.